The van der Waals surface area contributed by atoms with E-state index in [0.717, 1.165) is 35.3 Å². The van der Waals surface area contributed by atoms with Crippen molar-refractivity contribution >= 4 is 11.9 Å². The molecule has 5 unspecified atom stereocenters. The van der Waals surface area contributed by atoms with Crippen molar-refractivity contribution in [3.63, 3.8) is 0 Å². The molecule has 3 fully saturated rings. The topological polar surface area (TPSA) is 12.4 Å². The molecule has 1 aromatic rings. The molecule has 1 aromatic carbocycles. The third-order valence-corrected chi connectivity index (χ3v) is 5.65. The van der Waals surface area contributed by atoms with E-state index in [0.29, 0.717) is 0 Å². The Hall–Kier alpha value is -1.11. The summed E-state index contributed by atoms with van der Waals surface area (Å²) in [6, 6.07) is 10.4. The Labute approximate surface area is 109 Å². The molecule has 0 N–H and O–H groups in total. The Balaban J connectivity index is 1.50. The lowest BCUT2D eigenvalue weighted by Gasteiger charge is -2.29. The number of hydrogen-bond donors (Lipinski definition) is 0. The molecule has 0 spiro atoms. The third-order valence-electron chi connectivity index (χ3n) is 5.65. The van der Waals surface area contributed by atoms with E-state index in [4.69, 9.17) is 4.99 Å². The number of hydrogen-bond acceptors (Lipinski definition) is 1. The van der Waals surface area contributed by atoms with Gasteiger partial charge in [-0.25, -0.2) is 0 Å². The van der Waals surface area contributed by atoms with Crippen LogP contribution in [-0.4, -0.2) is 6.21 Å². The monoisotopic (exact) mass is 239 g/mol. The lowest BCUT2D eigenvalue weighted by molar-refractivity contribution is 0.230. The molecule has 1 heteroatoms. The third kappa shape index (κ3) is 1.64. The summed E-state index contributed by atoms with van der Waals surface area (Å²) in [4.78, 5) is 4.70. The Morgan fingerprint density at radius 3 is 2.67 bits per heavy atom. The quantitative estimate of drug-likeness (QED) is 0.676. The molecule has 3 aliphatic carbocycles. The van der Waals surface area contributed by atoms with E-state index in [1.807, 2.05) is 0 Å². The number of nitrogens with zero attached hydrogens (tertiary/aromatic N) is 1. The molecule has 2 bridgehead atoms. The van der Waals surface area contributed by atoms with Crippen LogP contribution in [0.25, 0.3) is 0 Å². The lowest BCUT2D eigenvalue weighted by atomic mass is 9.76. The minimum absolute atomic E-state index is 0.773. The molecule has 0 amide bonds. The number of fused-ring (bicyclic) bond motifs is 5. The summed E-state index contributed by atoms with van der Waals surface area (Å²) in [5, 5.41) is 0. The first-order valence-electron chi connectivity index (χ1n) is 7.51. The Morgan fingerprint density at radius 2 is 1.78 bits per heavy atom. The number of aliphatic imine (C=N–C) groups is 1. The van der Waals surface area contributed by atoms with Crippen LogP contribution in [0.3, 0.4) is 0 Å². The van der Waals surface area contributed by atoms with Crippen molar-refractivity contribution in [3.05, 3.63) is 30.3 Å². The first kappa shape index (κ1) is 10.8. The van der Waals surface area contributed by atoms with Gasteiger partial charge in [-0.15, -0.1) is 0 Å². The van der Waals surface area contributed by atoms with E-state index >= 15 is 0 Å². The molecule has 94 valence electrons. The molecule has 3 saturated carbocycles. The Bertz CT molecular complexity index is 450. The molecule has 18 heavy (non-hydrogen) atoms. The van der Waals surface area contributed by atoms with Crippen molar-refractivity contribution in [1.29, 1.82) is 0 Å². The zero-order valence-corrected chi connectivity index (χ0v) is 10.8. The van der Waals surface area contributed by atoms with Gasteiger partial charge in [0, 0.05) is 6.21 Å². The zero-order valence-electron chi connectivity index (χ0n) is 10.8. The fraction of sp³-hybridized carbons (Fsp3) is 0.588. The van der Waals surface area contributed by atoms with Crippen molar-refractivity contribution in [2.24, 2.45) is 34.6 Å². The maximum Gasteiger partial charge on any atom is 0.0625 e. The van der Waals surface area contributed by atoms with Gasteiger partial charge < -0.3 is 0 Å². The standard InChI is InChI=1S/C17H21N/c1-2-5-14(6-3-1)18-11-13-9-12-10-17(13)16-8-4-7-15(12)16/h1-3,5-6,11-13,15-17H,4,7-10H2/b18-11+. The summed E-state index contributed by atoms with van der Waals surface area (Å²) >= 11 is 0. The van der Waals surface area contributed by atoms with E-state index in [2.05, 4.69) is 36.5 Å². The second-order valence-corrected chi connectivity index (χ2v) is 6.43. The van der Waals surface area contributed by atoms with E-state index in [1.54, 1.807) is 0 Å². The van der Waals surface area contributed by atoms with Gasteiger partial charge in [0.1, 0.15) is 0 Å². The van der Waals surface area contributed by atoms with Crippen LogP contribution >= 0.6 is 0 Å². The van der Waals surface area contributed by atoms with Crippen LogP contribution < -0.4 is 0 Å². The van der Waals surface area contributed by atoms with Crippen LogP contribution in [0.15, 0.2) is 35.3 Å². The highest BCUT2D eigenvalue weighted by Gasteiger charge is 2.53. The van der Waals surface area contributed by atoms with E-state index < -0.39 is 0 Å². The number of benzene rings is 1. The molecule has 0 saturated heterocycles. The highest BCUT2D eigenvalue weighted by atomic mass is 14.7. The van der Waals surface area contributed by atoms with E-state index in [1.165, 1.54) is 32.1 Å². The van der Waals surface area contributed by atoms with E-state index in [-0.39, 0.29) is 0 Å². The van der Waals surface area contributed by atoms with Gasteiger partial charge in [0.25, 0.3) is 0 Å². The van der Waals surface area contributed by atoms with Gasteiger partial charge in [-0.2, -0.15) is 0 Å². The average molecular weight is 239 g/mol. The van der Waals surface area contributed by atoms with Crippen LogP contribution in [0.4, 0.5) is 5.69 Å². The Morgan fingerprint density at radius 1 is 0.944 bits per heavy atom. The van der Waals surface area contributed by atoms with Crippen molar-refractivity contribution < 1.29 is 0 Å². The molecular formula is C17H21N. The fourth-order valence-corrected chi connectivity index (χ4v) is 4.99. The maximum absolute atomic E-state index is 4.70. The van der Waals surface area contributed by atoms with Gasteiger partial charge in [0.15, 0.2) is 0 Å². The first-order chi connectivity index (χ1) is 8.92. The average Bonchev–Trinajstić information content (AvgIpc) is 3.09. The summed E-state index contributed by atoms with van der Waals surface area (Å²) < 4.78 is 0. The SMILES string of the molecule is C(=N\c1ccccc1)/C1CC2CC1C1CCCC21. The van der Waals surface area contributed by atoms with Crippen molar-refractivity contribution in [1.82, 2.24) is 0 Å². The molecular weight excluding hydrogens is 218 g/mol. The van der Waals surface area contributed by atoms with Gasteiger partial charge in [0.05, 0.1) is 5.69 Å². The van der Waals surface area contributed by atoms with Crippen LogP contribution in [-0.2, 0) is 0 Å². The summed E-state index contributed by atoms with van der Waals surface area (Å²) in [5.74, 6) is 4.92. The second kappa shape index (κ2) is 4.22. The van der Waals surface area contributed by atoms with Gasteiger partial charge >= 0.3 is 0 Å². The fourth-order valence-electron chi connectivity index (χ4n) is 4.99. The molecule has 0 aromatic heterocycles. The highest BCUT2D eigenvalue weighted by molar-refractivity contribution is 5.67. The summed E-state index contributed by atoms with van der Waals surface area (Å²) in [6.07, 6.45) is 9.71. The molecule has 0 heterocycles. The number of rotatable bonds is 2. The van der Waals surface area contributed by atoms with Crippen molar-refractivity contribution in [2.75, 3.05) is 0 Å². The van der Waals surface area contributed by atoms with Crippen LogP contribution in [0.2, 0.25) is 0 Å². The number of para-hydroxylation sites is 1. The summed E-state index contributed by atoms with van der Waals surface area (Å²) in [5.41, 5.74) is 1.11. The molecule has 0 aliphatic heterocycles. The highest BCUT2D eigenvalue weighted by Crippen LogP contribution is 2.60. The Kier molecular flexibility index (Phi) is 2.53. The van der Waals surface area contributed by atoms with Crippen LogP contribution in [0.5, 0.6) is 0 Å². The molecule has 4 rings (SSSR count). The van der Waals surface area contributed by atoms with Gasteiger partial charge in [0.2, 0.25) is 0 Å². The van der Waals surface area contributed by atoms with Crippen molar-refractivity contribution in [3.8, 4) is 0 Å². The van der Waals surface area contributed by atoms with Gasteiger partial charge in [-0.05, 0) is 67.4 Å². The smallest absolute Gasteiger partial charge is 0.0625 e. The minimum Gasteiger partial charge on any atom is -0.261 e. The first-order valence-corrected chi connectivity index (χ1v) is 7.51. The molecule has 1 nitrogen and oxygen atoms in total. The largest absolute Gasteiger partial charge is 0.261 e. The molecule has 5 atom stereocenters. The van der Waals surface area contributed by atoms with Crippen molar-refractivity contribution in [2.45, 2.75) is 32.1 Å². The summed E-state index contributed by atoms with van der Waals surface area (Å²) in [6.45, 7) is 0. The molecule has 3 aliphatic rings. The summed E-state index contributed by atoms with van der Waals surface area (Å²) in [7, 11) is 0. The van der Waals surface area contributed by atoms with Crippen LogP contribution in [0, 0.1) is 29.6 Å². The predicted octanol–water partition coefficient (Wildman–Crippen LogP) is 4.46. The van der Waals surface area contributed by atoms with E-state index in [9.17, 15) is 0 Å². The normalized spacial score (nSPS) is 41.7. The van der Waals surface area contributed by atoms with Gasteiger partial charge in [-0.1, -0.05) is 24.6 Å². The van der Waals surface area contributed by atoms with Crippen LogP contribution in [0.1, 0.15) is 32.1 Å². The molecule has 0 radical (unpaired) electrons. The van der Waals surface area contributed by atoms with Gasteiger partial charge in [-0.3, -0.25) is 4.99 Å². The second-order valence-electron chi connectivity index (χ2n) is 6.43. The predicted molar refractivity (Wildman–Crippen MR) is 75.1 cm³/mol. The lowest BCUT2D eigenvalue weighted by Crippen LogP contribution is -2.25. The maximum atomic E-state index is 4.70. The zero-order chi connectivity index (χ0) is 11.9. The minimum atomic E-state index is 0.773.